The molecule has 0 radical (unpaired) electrons. The summed E-state index contributed by atoms with van der Waals surface area (Å²) in [5, 5.41) is 3.29. The zero-order valence-electron chi connectivity index (χ0n) is 7.73. The van der Waals surface area contributed by atoms with E-state index in [-0.39, 0.29) is 0 Å². The van der Waals surface area contributed by atoms with Gasteiger partial charge in [-0.2, -0.15) is 4.99 Å². The Hall–Kier alpha value is -1.51. The quantitative estimate of drug-likeness (QED) is 0.560. The number of nitrogens with zero attached hydrogens (tertiary/aromatic N) is 2. The molecule has 14 heavy (non-hydrogen) atoms. The van der Waals surface area contributed by atoms with E-state index in [1.807, 2.05) is 12.3 Å². The Morgan fingerprint density at radius 3 is 3.21 bits per heavy atom. The van der Waals surface area contributed by atoms with Gasteiger partial charge in [-0.3, -0.25) is 4.98 Å². The van der Waals surface area contributed by atoms with Crippen LogP contribution in [0.1, 0.15) is 17.9 Å². The largest absolute Gasteiger partial charge is 0.316 e. The maximum atomic E-state index is 10.1. The van der Waals surface area contributed by atoms with Crippen LogP contribution in [0.15, 0.2) is 23.5 Å². The van der Waals surface area contributed by atoms with Crippen LogP contribution in [0.25, 0.3) is 0 Å². The summed E-state index contributed by atoms with van der Waals surface area (Å²) >= 11 is 0. The topological polar surface area (TPSA) is 54.4 Å². The zero-order valence-corrected chi connectivity index (χ0v) is 7.73. The Morgan fingerprint density at radius 1 is 1.57 bits per heavy atom. The van der Waals surface area contributed by atoms with Crippen LogP contribution in [-0.4, -0.2) is 24.2 Å². The van der Waals surface area contributed by atoms with Gasteiger partial charge >= 0.3 is 0 Å². The summed E-state index contributed by atoms with van der Waals surface area (Å²) in [6, 6.07) is 1.90. The number of pyridine rings is 1. The number of hydrogen-bond donors (Lipinski definition) is 1. The highest BCUT2D eigenvalue weighted by Crippen LogP contribution is 2.24. The molecule has 4 heteroatoms. The molecule has 0 saturated carbocycles. The molecule has 72 valence electrons. The Kier molecular flexibility index (Phi) is 2.68. The number of nitrogens with one attached hydrogen (secondary N) is 1. The summed E-state index contributed by atoms with van der Waals surface area (Å²) in [4.78, 5) is 17.7. The Bertz CT molecular complexity index is 365. The molecule has 1 aromatic rings. The summed E-state index contributed by atoms with van der Waals surface area (Å²) in [5.74, 6) is 0.504. The van der Waals surface area contributed by atoms with Crippen molar-refractivity contribution < 1.29 is 4.79 Å². The van der Waals surface area contributed by atoms with Crippen LogP contribution in [-0.2, 0) is 4.79 Å². The molecule has 4 nitrogen and oxygen atoms in total. The Labute approximate surface area is 82.1 Å². The summed E-state index contributed by atoms with van der Waals surface area (Å²) in [6.07, 6.45) is 6.04. The number of aromatic nitrogens is 1. The molecule has 1 aromatic heterocycles. The SMILES string of the molecule is O=C=Nc1cncc(C2CCNC2)c1. The van der Waals surface area contributed by atoms with Gasteiger partial charge in [0, 0.05) is 12.7 Å². The second kappa shape index (κ2) is 4.13. The van der Waals surface area contributed by atoms with Crippen molar-refractivity contribution in [3.8, 4) is 0 Å². The Balaban J connectivity index is 2.24. The highest BCUT2D eigenvalue weighted by atomic mass is 16.1. The lowest BCUT2D eigenvalue weighted by molar-refractivity contribution is 0.565. The molecule has 1 N–H and O–H groups in total. The third-order valence-electron chi connectivity index (χ3n) is 2.45. The van der Waals surface area contributed by atoms with Crippen molar-refractivity contribution in [2.45, 2.75) is 12.3 Å². The van der Waals surface area contributed by atoms with E-state index in [2.05, 4.69) is 15.3 Å². The van der Waals surface area contributed by atoms with Crippen LogP contribution in [0.4, 0.5) is 5.69 Å². The predicted octanol–water partition coefficient (Wildman–Crippen LogP) is 1.13. The first-order chi connectivity index (χ1) is 6.90. The van der Waals surface area contributed by atoms with Gasteiger partial charge in [0.2, 0.25) is 6.08 Å². The lowest BCUT2D eigenvalue weighted by Gasteiger charge is -2.07. The van der Waals surface area contributed by atoms with Crippen molar-refractivity contribution in [3.63, 3.8) is 0 Å². The Morgan fingerprint density at radius 2 is 2.50 bits per heavy atom. The minimum Gasteiger partial charge on any atom is -0.316 e. The van der Waals surface area contributed by atoms with E-state index in [0.29, 0.717) is 11.6 Å². The lowest BCUT2D eigenvalue weighted by atomic mass is 10.0. The lowest BCUT2D eigenvalue weighted by Crippen LogP contribution is -2.07. The molecule has 0 aromatic carbocycles. The van der Waals surface area contributed by atoms with Crippen LogP contribution in [0, 0.1) is 0 Å². The van der Waals surface area contributed by atoms with Gasteiger partial charge in [0.25, 0.3) is 0 Å². The zero-order chi connectivity index (χ0) is 9.80. The molecule has 1 atom stereocenters. The van der Waals surface area contributed by atoms with Gasteiger partial charge in [-0.1, -0.05) is 0 Å². The molecule has 1 fully saturated rings. The van der Waals surface area contributed by atoms with Crippen LogP contribution >= 0.6 is 0 Å². The van der Waals surface area contributed by atoms with Gasteiger partial charge in [-0.25, -0.2) is 4.79 Å². The van der Waals surface area contributed by atoms with Gasteiger partial charge in [0.15, 0.2) is 0 Å². The molecular formula is C10H11N3O. The van der Waals surface area contributed by atoms with Gasteiger partial charge < -0.3 is 5.32 Å². The predicted molar refractivity (Wildman–Crippen MR) is 52.2 cm³/mol. The van der Waals surface area contributed by atoms with Crippen molar-refractivity contribution in [2.75, 3.05) is 13.1 Å². The van der Waals surface area contributed by atoms with E-state index in [0.717, 1.165) is 25.1 Å². The van der Waals surface area contributed by atoms with Crippen molar-refractivity contribution in [1.29, 1.82) is 0 Å². The van der Waals surface area contributed by atoms with E-state index in [1.165, 1.54) is 6.08 Å². The molecule has 1 aliphatic heterocycles. The van der Waals surface area contributed by atoms with E-state index in [9.17, 15) is 4.79 Å². The van der Waals surface area contributed by atoms with E-state index >= 15 is 0 Å². The maximum Gasteiger partial charge on any atom is 0.240 e. The number of isocyanates is 1. The summed E-state index contributed by atoms with van der Waals surface area (Å²) in [5.41, 5.74) is 1.73. The molecule has 0 spiro atoms. The number of rotatable bonds is 2. The van der Waals surface area contributed by atoms with E-state index < -0.39 is 0 Å². The molecular weight excluding hydrogens is 178 g/mol. The summed E-state index contributed by atoms with van der Waals surface area (Å²) < 4.78 is 0. The highest BCUT2D eigenvalue weighted by Gasteiger charge is 2.16. The number of aliphatic imine (C=N–C) groups is 1. The van der Waals surface area contributed by atoms with E-state index in [4.69, 9.17) is 0 Å². The minimum absolute atomic E-state index is 0.504. The third kappa shape index (κ3) is 1.87. The van der Waals surface area contributed by atoms with Gasteiger partial charge in [0.1, 0.15) is 0 Å². The van der Waals surface area contributed by atoms with Crippen molar-refractivity contribution in [2.24, 2.45) is 4.99 Å². The van der Waals surface area contributed by atoms with Crippen molar-refractivity contribution >= 4 is 11.8 Å². The molecule has 0 amide bonds. The average molecular weight is 189 g/mol. The first kappa shape index (κ1) is 9.06. The molecule has 1 aliphatic rings. The third-order valence-corrected chi connectivity index (χ3v) is 2.45. The fourth-order valence-electron chi connectivity index (χ4n) is 1.72. The van der Waals surface area contributed by atoms with E-state index in [1.54, 1.807) is 6.20 Å². The first-order valence-electron chi connectivity index (χ1n) is 4.63. The van der Waals surface area contributed by atoms with Crippen molar-refractivity contribution in [1.82, 2.24) is 10.3 Å². The molecule has 2 rings (SSSR count). The smallest absolute Gasteiger partial charge is 0.240 e. The fraction of sp³-hybridized carbons (Fsp3) is 0.400. The van der Waals surface area contributed by atoms with Crippen LogP contribution in [0.3, 0.4) is 0 Å². The monoisotopic (exact) mass is 189 g/mol. The van der Waals surface area contributed by atoms with Crippen LogP contribution < -0.4 is 5.32 Å². The minimum atomic E-state index is 0.504. The first-order valence-corrected chi connectivity index (χ1v) is 4.63. The second-order valence-corrected chi connectivity index (χ2v) is 3.37. The molecule has 2 heterocycles. The molecule has 1 saturated heterocycles. The summed E-state index contributed by atoms with van der Waals surface area (Å²) in [7, 11) is 0. The van der Waals surface area contributed by atoms with Crippen LogP contribution in [0.2, 0.25) is 0 Å². The standard InChI is InChI=1S/C10H11N3O/c14-7-13-10-3-9(5-12-6-10)8-1-2-11-4-8/h3,5-6,8,11H,1-2,4H2. The average Bonchev–Trinajstić information content (AvgIpc) is 2.71. The molecule has 0 aliphatic carbocycles. The highest BCUT2D eigenvalue weighted by molar-refractivity contribution is 5.48. The van der Waals surface area contributed by atoms with Gasteiger partial charge in [-0.05, 0) is 30.5 Å². The maximum absolute atomic E-state index is 10.1. The molecule has 1 unspecified atom stereocenters. The van der Waals surface area contributed by atoms with Gasteiger partial charge in [-0.15, -0.1) is 0 Å². The normalized spacial score (nSPS) is 20.4. The molecule has 0 bridgehead atoms. The second-order valence-electron chi connectivity index (χ2n) is 3.37. The summed E-state index contributed by atoms with van der Waals surface area (Å²) in [6.45, 7) is 2.03. The van der Waals surface area contributed by atoms with Crippen molar-refractivity contribution in [3.05, 3.63) is 24.0 Å². The fourth-order valence-corrected chi connectivity index (χ4v) is 1.72. The van der Waals surface area contributed by atoms with Crippen LogP contribution in [0.5, 0.6) is 0 Å². The van der Waals surface area contributed by atoms with Gasteiger partial charge in [0.05, 0.1) is 11.9 Å². The number of hydrogen-bond acceptors (Lipinski definition) is 4. The number of carbonyl (C=O) groups excluding carboxylic acids is 1.